The minimum absolute atomic E-state index is 0.380. The number of amides is 1. The zero-order valence-electron chi connectivity index (χ0n) is 8.71. The Hall–Kier alpha value is -0.610. The van der Waals surface area contributed by atoms with Gasteiger partial charge in [-0.1, -0.05) is 13.8 Å². The standard InChI is InChI=1S/C9H21N3O/c1-6(2)4-7(3)12-5-8(10)9(11)13/h6-8,12H,4-5,10H2,1-3H3,(H2,11,13). The summed E-state index contributed by atoms with van der Waals surface area (Å²) in [5, 5.41) is 3.17. The molecular weight excluding hydrogens is 166 g/mol. The molecule has 0 saturated carbocycles. The van der Waals surface area contributed by atoms with Gasteiger partial charge in [0.2, 0.25) is 5.91 Å². The first-order valence-electron chi connectivity index (χ1n) is 4.71. The third-order valence-corrected chi connectivity index (χ3v) is 1.88. The van der Waals surface area contributed by atoms with E-state index in [-0.39, 0.29) is 0 Å². The van der Waals surface area contributed by atoms with Crippen LogP contribution >= 0.6 is 0 Å². The van der Waals surface area contributed by atoms with Crippen molar-refractivity contribution in [3.63, 3.8) is 0 Å². The predicted molar refractivity (Wildman–Crippen MR) is 54.1 cm³/mol. The van der Waals surface area contributed by atoms with E-state index in [1.165, 1.54) is 0 Å². The molecular formula is C9H21N3O. The van der Waals surface area contributed by atoms with E-state index in [0.29, 0.717) is 18.5 Å². The van der Waals surface area contributed by atoms with Crippen molar-refractivity contribution in [2.24, 2.45) is 17.4 Å². The summed E-state index contributed by atoms with van der Waals surface area (Å²) in [7, 11) is 0. The number of carbonyl (C=O) groups is 1. The van der Waals surface area contributed by atoms with Gasteiger partial charge in [0.15, 0.2) is 0 Å². The van der Waals surface area contributed by atoms with Crippen molar-refractivity contribution < 1.29 is 4.79 Å². The highest BCUT2D eigenvalue weighted by Crippen LogP contribution is 2.03. The van der Waals surface area contributed by atoms with Crippen LogP contribution in [-0.4, -0.2) is 24.5 Å². The number of rotatable bonds is 6. The molecule has 0 rings (SSSR count). The second kappa shape index (κ2) is 5.94. The molecule has 0 bridgehead atoms. The molecule has 4 nitrogen and oxygen atoms in total. The number of hydrogen-bond donors (Lipinski definition) is 3. The summed E-state index contributed by atoms with van der Waals surface area (Å²) in [6.45, 7) is 6.86. The Labute approximate surface area is 80.0 Å². The summed E-state index contributed by atoms with van der Waals surface area (Å²) in [6, 6.07) is -0.194. The van der Waals surface area contributed by atoms with Crippen LogP contribution in [0, 0.1) is 5.92 Å². The fraction of sp³-hybridized carbons (Fsp3) is 0.889. The number of nitrogens with one attached hydrogen (secondary N) is 1. The zero-order chi connectivity index (χ0) is 10.4. The van der Waals surface area contributed by atoms with Crippen LogP contribution in [-0.2, 0) is 4.79 Å². The average molecular weight is 187 g/mol. The van der Waals surface area contributed by atoms with E-state index >= 15 is 0 Å². The number of hydrogen-bond acceptors (Lipinski definition) is 3. The summed E-state index contributed by atoms with van der Waals surface area (Å²) in [6.07, 6.45) is 1.07. The van der Waals surface area contributed by atoms with Gasteiger partial charge in [0.05, 0.1) is 6.04 Å². The van der Waals surface area contributed by atoms with Gasteiger partial charge in [-0.3, -0.25) is 4.79 Å². The zero-order valence-corrected chi connectivity index (χ0v) is 8.71. The van der Waals surface area contributed by atoms with Crippen LogP contribution in [0.4, 0.5) is 0 Å². The summed E-state index contributed by atoms with van der Waals surface area (Å²) in [4.78, 5) is 10.6. The Morgan fingerprint density at radius 2 is 1.92 bits per heavy atom. The normalized spacial score (nSPS) is 15.8. The Bertz CT molecular complexity index is 159. The van der Waals surface area contributed by atoms with Gasteiger partial charge in [0, 0.05) is 12.6 Å². The smallest absolute Gasteiger partial charge is 0.235 e. The largest absolute Gasteiger partial charge is 0.368 e. The van der Waals surface area contributed by atoms with Gasteiger partial charge in [-0.15, -0.1) is 0 Å². The summed E-state index contributed by atoms with van der Waals surface area (Å²) in [5.41, 5.74) is 10.5. The number of carbonyl (C=O) groups excluding carboxylic acids is 1. The molecule has 78 valence electrons. The minimum atomic E-state index is -0.574. The maximum Gasteiger partial charge on any atom is 0.235 e. The SMILES string of the molecule is CC(C)CC(C)NCC(N)C(N)=O. The predicted octanol–water partition coefficient (Wildman–Crippen LogP) is -0.177. The quantitative estimate of drug-likeness (QED) is 0.539. The monoisotopic (exact) mass is 187 g/mol. The first kappa shape index (κ1) is 12.4. The van der Waals surface area contributed by atoms with Crippen molar-refractivity contribution in [2.45, 2.75) is 39.3 Å². The van der Waals surface area contributed by atoms with E-state index in [2.05, 4.69) is 26.1 Å². The molecule has 1 amide bonds. The third-order valence-electron chi connectivity index (χ3n) is 1.88. The number of primary amides is 1. The highest BCUT2D eigenvalue weighted by atomic mass is 16.1. The molecule has 2 atom stereocenters. The van der Waals surface area contributed by atoms with E-state index in [1.54, 1.807) is 0 Å². The second-order valence-corrected chi connectivity index (χ2v) is 3.95. The minimum Gasteiger partial charge on any atom is -0.368 e. The Kier molecular flexibility index (Phi) is 5.66. The van der Waals surface area contributed by atoms with Crippen molar-refractivity contribution in [3.05, 3.63) is 0 Å². The topological polar surface area (TPSA) is 81.1 Å². The van der Waals surface area contributed by atoms with Gasteiger partial charge in [-0.05, 0) is 19.3 Å². The lowest BCUT2D eigenvalue weighted by Gasteiger charge is -2.17. The lowest BCUT2D eigenvalue weighted by Crippen LogP contribution is -2.46. The Morgan fingerprint density at radius 3 is 2.31 bits per heavy atom. The van der Waals surface area contributed by atoms with Crippen LogP contribution in [0.25, 0.3) is 0 Å². The molecule has 0 aromatic carbocycles. The lowest BCUT2D eigenvalue weighted by molar-refractivity contribution is -0.119. The fourth-order valence-electron chi connectivity index (χ4n) is 1.22. The molecule has 0 heterocycles. The lowest BCUT2D eigenvalue weighted by atomic mass is 10.1. The maximum atomic E-state index is 10.6. The van der Waals surface area contributed by atoms with Crippen molar-refractivity contribution in [1.82, 2.24) is 5.32 Å². The van der Waals surface area contributed by atoms with Gasteiger partial charge in [-0.2, -0.15) is 0 Å². The molecule has 0 aliphatic carbocycles. The Balaban J connectivity index is 3.57. The molecule has 0 aliphatic heterocycles. The van der Waals surface area contributed by atoms with Crippen LogP contribution in [0.15, 0.2) is 0 Å². The molecule has 2 unspecified atom stereocenters. The van der Waals surface area contributed by atoms with Gasteiger partial charge in [0.1, 0.15) is 0 Å². The third kappa shape index (κ3) is 6.54. The fourth-order valence-corrected chi connectivity index (χ4v) is 1.22. The molecule has 0 spiro atoms. The van der Waals surface area contributed by atoms with Crippen LogP contribution in [0.2, 0.25) is 0 Å². The molecule has 0 saturated heterocycles. The first-order chi connectivity index (χ1) is 5.93. The van der Waals surface area contributed by atoms with Gasteiger partial charge in [-0.25, -0.2) is 0 Å². The van der Waals surface area contributed by atoms with Gasteiger partial charge in [0.25, 0.3) is 0 Å². The summed E-state index contributed by atoms with van der Waals surface area (Å²) in [5.74, 6) is 0.191. The van der Waals surface area contributed by atoms with E-state index < -0.39 is 11.9 Å². The molecule has 0 aromatic heterocycles. The molecule has 13 heavy (non-hydrogen) atoms. The molecule has 0 fully saturated rings. The number of nitrogens with two attached hydrogens (primary N) is 2. The Morgan fingerprint density at radius 1 is 1.38 bits per heavy atom. The highest BCUT2D eigenvalue weighted by molar-refractivity contribution is 5.79. The van der Waals surface area contributed by atoms with Gasteiger partial charge >= 0.3 is 0 Å². The van der Waals surface area contributed by atoms with Crippen molar-refractivity contribution in [3.8, 4) is 0 Å². The second-order valence-electron chi connectivity index (χ2n) is 3.95. The van der Waals surface area contributed by atoms with Crippen LogP contribution in [0.3, 0.4) is 0 Å². The summed E-state index contributed by atoms with van der Waals surface area (Å²) >= 11 is 0. The van der Waals surface area contributed by atoms with Gasteiger partial charge < -0.3 is 16.8 Å². The van der Waals surface area contributed by atoms with E-state index in [0.717, 1.165) is 6.42 Å². The van der Waals surface area contributed by atoms with E-state index in [9.17, 15) is 4.79 Å². The highest BCUT2D eigenvalue weighted by Gasteiger charge is 2.10. The summed E-state index contributed by atoms with van der Waals surface area (Å²) < 4.78 is 0. The van der Waals surface area contributed by atoms with Crippen LogP contribution < -0.4 is 16.8 Å². The van der Waals surface area contributed by atoms with Crippen molar-refractivity contribution >= 4 is 5.91 Å². The molecule has 0 aromatic rings. The first-order valence-corrected chi connectivity index (χ1v) is 4.71. The van der Waals surface area contributed by atoms with Crippen LogP contribution in [0.1, 0.15) is 27.2 Å². The van der Waals surface area contributed by atoms with Crippen LogP contribution in [0.5, 0.6) is 0 Å². The average Bonchev–Trinajstić information content (AvgIpc) is 1.98. The molecule has 4 heteroatoms. The molecule has 0 radical (unpaired) electrons. The van der Waals surface area contributed by atoms with Crippen molar-refractivity contribution in [1.29, 1.82) is 0 Å². The van der Waals surface area contributed by atoms with E-state index in [4.69, 9.17) is 11.5 Å². The van der Waals surface area contributed by atoms with E-state index in [1.807, 2.05) is 0 Å². The molecule has 0 aliphatic rings. The van der Waals surface area contributed by atoms with Crippen molar-refractivity contribution in [2.75, 3.05) is 6.54 Å². The maximum absolute atomic E-state index is 10.6. The molecule has 5 N–H and O–H groups in total.